The van der Waals surface area contributed by atoms with Gasteiger partial charge < -0.3 is 5.32 Å². The van der Waals surface area contributed by atoms with Crippen LogP contribution in [0.5, 0.6) is 0 Å². The van der Waals surface area contributed by atoms with Crippen LogP contribution in [0.1, 0.15) is 11.1 Å². The molecule has 2 aromatic carbocycles. The highest BCUT2D eigenvalue weighted by Gasteiger charge is 2.31. The van der Waals surface area contributed by atoms with Crippen LogP contribution in [-0.4, -0.2) is 39.4 Å². The summed E-state index contributed by atoms with van der Waals surface area (Å²) >= 11 is 7.47. The fraction of sp³-hybridized carbons (Fsp3) is 0.316. The van der Waals surface area contributed by atoms with Gasteiger partial charge in [-0.15, -0.1) is 0 Å². The molecule has 0 aliphatic carbocycles. The molecule has 0 saturated heterocycles. The Morgan fingerprint density at radius 2 is 1.87 bits per heavy atom. The van der Waals surface area contributed by atoms with Crippen LogP contribution in [-0.2, 0) is 26.7 Å². The van der Waals surface area contributed by atoms with Gasteiger partial charge in [0, 0.05) is 23.1 Å². The van der Waals surface area contributed by atoms with Crippen molar-refractivity contribution in [1.82, 2.24) is 5.32 Å². The van der Waals surface area contributed by atoms with E-state index in [1.807, 2.05) is 18.2 Å². The van der Waals surface area contributed by atoms with Gasteiger partial charge in [-0.25, -0.2) is 8.42 Å². The number of hydrogen-bond donors (Lipinski definition) is 1. The van der Waals surface area contributed by atoms with E-state index in [1.165, 1.54) is 6.07 Å². The maximum Gasteiger partial charge on any atom is 0.416 e. The van der Waals surface area contributed by atoms with Gasteiger partial charge in [0.2, 0.25) is 15.9 Å². The number of benzene rings is 2. The molecule has 0 unspecified atom stereocenters. The van der Waals surface area contributed by atoms with Crippen LogP contribution in [0, 0.1) is 0 Å². The van der Waals surface area contributed by atoms with E-state index in [1.54, 1.807) is 17.8 Å². The summed E-state index contributed by atoms with van der Waals surface area (Å²) in [5.74, 6) is 0.651. The zero-order chi connectivity index (χ0) is 22.4. The van der Waals surface area contributed by atoms with E-state index < -0.39 is 34.2 Å². The summed E-state index contributed by atoms with van der Waals surface area (Å²) in [5.41, 5.74) is -0.184. The third-order valence-electron chi connectivity index (χ3n) is 3.88. The van der Waals surface area contributed by atoms with E-state index in [2.05, 4.69) is 5.32 Å². The van der Waals surface area contributed by atoms with Crippen molar-refractivity contribution in [2.75, 3.05) is 29.4 Å². The molecule has 2 rings (SSSR count). The fourth-order valence-electron chi connectivity index (χ4n) is 2.50. The first kappa shape index (κ1) is 24.4. The molecule has 0 aliphatic rings. The number of nitrogens with zero attached hydrogens (tertiary/aromatic N) is 1. The summed E-state index contributed by atoms with van der Waals surface area (Å²) in [6.07, 6.45) is -3.79. The van der Waals surface area contributed by atoms with Crippen molar-refractivity contribution >= 4 is 45.0 Å². The van der Waals surface area contributed by atoms with Gasteiger partial charge in [-0.1, -0.05) is 29.8 Å². The minimum absolute atomic E-state index is 0.224. The van der Waals surface area contributed by atoms with Crippen LogP contribution in [0.15, 0.2) is 48.5 Å². The molecule has 0 aliphatic heterocycles. The second kappa shape index (κ2) is 10.4. The molecule has 0 saturated carbocycles. The molecule has 0 heterocycles. The van der Waals surface area contributed by atoms with Gasteiger partial charge in [0.25, 0.3) is 0 Å². The molecular formula is C19H20ClF3N2O3S2. The normalized spacial score (nSPS) is 11.9. The molecule has 164 valence electrons. The lowest BCUT2D eigenvalue weighted by Crippen LogP contribution is -2.41. The monoisotopic (exact) mass is 480 g/mol. The number of carbonyl (C=O) groups excluding carboxylic acids is 1. The van der Waals surface area contributed by atoms with Crippen LogP contribution in [0.25, 0.3) is 0 Å². The summed E-state index contributed by atoms with van der Waals surface area (Å²) in [7, 11) is -3.96. The Morgan fingerprint density at radius 3 is 2.50 bits per heavy atom. The van der Waals surface area contributed by atoms with Gasteiger partial charge in [0.05, 0.1) is 17.5 Å². The maximum atomic E-state index is 12.9. The number of rotatable bonds is 9. The van der Waals surface area contributed by atoms with E-state index in [0.29, 0.717) is 26.9 Å². The Labute approximate surface area is 182 Å². The van der Waals surface area contributed by atoms with E-state index in [0.717, 1.165) is 24.0 Å². The first-order chi connectivity index (χ1) is 14.0. The van der Waals surface area contributed by atoms with Crippen molar-refractivity contribution in [3.05, 3.63) is 64.7 Å². The molecule has 0 aromatic heterocycles. The quantitative estimate of drug-likeness (QED) is 0.547. The van der Waals surface area contributed by atoms with E-state index in [-0.39, 0.29) is 12.2 Å². The van der Waals surface area contributed by atoms with Crippen molar-refractivity contribution < 1.29 is 26.4 Å². The SMILES string of the molecule is CS(=O)(=O)N(CC(=O)NCCSCc1cccc(Cl)c1)c1cccc(C(F)(F)F)c1. The second-order valence-electron chi connectivity index (χ2n) is 6.35. The minimum atomic E-state index is -4.62. The molecule has 1 N–H and O–H groups in total. The Morgan fingerprint density at radius 1 is 1.17 bits per heavy atom. The predicted molar refractivity (Wildman–Crippen MR) is 114 cm³/mol. The molecule has 5 nitrogen and oxygen atoms in total. The van der Waals surface area contributed by atoms with Crippen molar-refractivity contribution in [3.63, 3.8) is 0 Å². The van der Waals surface area contributed by atoms with Gasteiger partial charge >= 0.3 is 6.18 Å². The molecule has 0 fully saturated rings. The topological polar surface area (TPSA) is 66.5 Å². The van der Waals surface area contributed by atoms with Crippen molar-refractivity contribution in [2.45, 2.75) is 11.9 Å². The number of hydrogen-bond acceptors (Lipinski definition) is 4. The molecular weight excluding hydrogens is 461 g/mol. The molecule has 0 spiro atoms. The number of halogens is 4. The zero-order valence-electron chi connectivity index (χ0n) is 15.9. The van der Waals surface area contributed by atoms with Gasteiger partial charge in [-0.3, -0.25) is 9.10 Å². The molecule has 0 radical (unpaired) electrons. The smallest absolute Gasteiger partial charge is 0.354 e. The van der Waals surface area contributed by atoms with Crippen LogP contribution in [0.3, 0.4) is 0 Å². The Kier molecular flexibility index (Phi) is 8.45. The van der Waals surface area contributed by atoms with Gasteiger partial charge in [0.15, 0.2) is 0 Å². The van der Waals surface area contributed by atoms with Crippen LogP contribution in [0.2, 0.25) is 5.02 Å². The third kappa shape index (κ3) is 7.73. The summed E-state index contributed by atoms with van der Waals surface area (Å²) in [6.45, 7) is -0.330. The average Bonchev–Trinajstić information content (AvgIpc) is 2.64. The van der Waals surface area contributed by atoms with Gasteiger partial charge in [-0.05, 0) is 35.9 Å². The van der Waals surface area contributed by atoms with Gasteiger partial charge in [0.1, 0.15) is 6.54 Å². The number of sulfonamides is 1. The number of thioether (sulfide) groups is 1. The largest absolute Gasteiger partial charge is 0.416 e. The highest BCUT2D eigenvalue weighted by molar-refractivity contribution is 7.98. The highest BCUT2D eigenvalue weighted by Crippen LogP contribution is 2.32. The standard InChI is InChI=1S/C19H20ClF3N2O3S2/c1-30(27,28)25(17-7-3-5-15(11-17)19(21,22)23)12-18(26)24-8-9-29-13-14-4-2-6-16(20)10-14/h2-7,10-11H,8-9,12-13H2,1H3,(H,24,26). The van der Waals surface area contributed by atoms with E-state index in [4.69, 9.17) is 11.6 Å². The van der Waals surface area contributed by atoms with Gasteiger partial charge in [-0.2, -0.15) is 24.9 Å². The molecule has 0 atom stereocenters. The molecule has 2 aromatic rings. The first-order valence-electron chi connectivity index (χ1n) is 8.70. The maximum absolute atomic E-state index is 12.9. The number of nitrogens with one attached hydrogen (secondary N) is 1. The third-order valence-corrected chi connectivity index (χ3v) is 6.28. The molecule has 30 heavy (non-hydrogen) atoms. The lowest BCUT2D eigenvalue weighted by atomic mass is 10.2. The van der Waals surface area contributed by atoms with Crippen molar-refractivity contribution in [3.8, 4) is 0 Å². The second-order valence-corrected chi connectivity index (χ2v) is 9.80. The summed E-state index contributed by atoms with van der Waals surface area (Å²) in [6, 6.07) is 11.2. The number of carbonyl (C=O) groups is 1. The Bertz CT molecular complexity index is 985. The average molecular weight is 481 g/mol. The number of anilines is 1. The molecule has 0 bridgehead atoms. The van der Waals surface area contributed by atoms with Crippen molar-refractivity contribution in [1.29, 1.82) is 0 Å². The first-order valence-corrected chi connectivity index (χ1v) is 12.1. The minimum Gasteiger partial charge on any atom is -0.354 e. The summed E-state index contributed by atoms with van der Waals surface area (Å²) < 4.78 is 63.5. The lowest BCUT2D eigenvalue weighted by Gasteiger charge is -2.22. The van der Waals surface area contributed by atoms with E-state index >= 15 is 0 Å². The summed E-state index contributed by atoms with van der Waals surface area (Å²) in [4.78, 5) is 12.2. The number of alkyl halides is 3. The van der Waals surface area contributed by atoms with Crippen LogP contribution in [0.4, 0.5) is 18.9 Å². The van der Waals surface area contributed by atoms with Crippen LogP contribution < -0.4 is 9.62 Å². The predicted octanol–water partition coefficient (Wildman–Crippen LogP) is 4.17. The van der Waals surface area contributed by atoms with Crippen LogP contribution >= 0.6 is 23.4 Å². The fourth-order valence-corrected chi connectivity index (χ4v) is 4.37. The van der Waals surface area contributed by atoms with Crippen molar-refractivity contribution in [2.24, 2.45) is 0 Å². The number of amides is 1. The molecule has 1 amide bonds. The zero-order valence-corrected chi connectivity index (χ0v) is 18.3. The molecule has 11 heteroatoms. The Hall–Kier alpha value is -1.91. The highest BCUT2D eigenvalue weighted by atomic mass is 35.5. The lowest BCUT2D eigenvalue weighted by molar-refractivity contribution is -0.137. The Balaban J connectivity index is 1.92. The van der Waals surface area contributed by atoms with E-state index in [9.17, 15) is 26.4 Å². The summed E-state index contributed by atoms with van der Waals surface area (Å²) in [5, 5.41) is 3.22.